The molecule has 9 heavy (non-hydrogen) atoms. The first-order valence-electron chi connectivity index (χ1n) is 2.44. The van der Waals surface area contributed by atoms with Gasteiger partial charge in [-0.2, -0.15) is 5.10 Å². The number of hydrogen-bond donors (Lipinski definition) is 2. The summed E-state index contributed by atoms with van der Waals surface area (Å²) in [7, 11) is 0. The second-order valence-electron chi connectivity index (χ2n) is 1.57. The molecule has 0 fully saturated rings. The molecule has 0 bridgehead atoms. The smallest absolute Gasteiger partial charge is 0.0858 e. The Kier molecular flexibility index (Phi) is 1.40. The highest BCUT2D eigenvalue weighted by molar-refractivity contribution is 4.90. The van der Waals surface area contributed by atoms with Crippen molar-refractivity contribution in [3.05, 3.63) is 29.9 Å². The summed E-state index contributed by atoms with van der Waals surface area (Å²) in [6, 6.07) is 3.19. The second kappa shape index (κ2) is 2.21. The molecular weight excluding hydrogens is 118 g/mol. The third-order valence-electron chi connectivity index (χ3n) is 0.945. The molecule has 4 heteroatoms. The highest BCUT2D eigenvalue weighted by Crippen LogP contribution is 1.73. The Hall–Kier alpha value is -1.45. The Labute approximate surface area is 51.8 Å². The van der Waals surface area contributed by atoms with Crippen molar-refractivity contribution in [3.8, 4) is 0 Å². The van der Waals surface area contributed by atoms with Crippen LogP contribution in [-0.4, -0.2) is 9.94 Å². The molecule has 0 aliphatic heterocycles. The van der Waals surface area contributed by atoms with Gasteiger partial charge in [-0.05, 0) is 12.1 Å². The quantitative estimate of drug-likeness (QED) is 0.279. The van der Waals surface area contributed by atoms with E-state index in [1.165, 1.54) is 12.4 Å². The van der Waals surface area contributed by atoms with Gasteiger partial charge in [-0.3, -0.25) is 0 Å². The summed E-state index contributed by atoms with van der Waals surface area (Å²) in [4.78, 5) is 0. The van der Waals surface area contributed by atoms with Crippen molar-refractivity contribution in [1.29, 1.82) is 0 Å². The van der Waals surface area contributed by atoms with Crippen LogP contribution in [0.3, 0.4) is 0 Å². The summed E-state index contributed by atoms with van der Waals surface area (Å²) in [5, 5.41) is 12.7. The Morgan fingerprint density at radius 2 is 2.00 bits per heavy atom. The molecule has 0 saturated heterocycles. The van der Waals surface area contributed by atoms with Crippen LogP contribution in [0.2, 0.25) is 0 Å². The third-order valence-corrected chi connectivity index (χ3v) is 0.945. The van der Waals surface area contributed by atoms with Crippen LogP contribution in [0.15, 0.2) is 29.6 Å². The van der Waals surface area contributed by atoms with Gasteiger partial charge in [0, 0.05) is 12.4 Å². The maximum absolute atomic E-state index is 8.69. The summed E-state index contributed by atoms with van der Waals surface area (Å²) in [5.74, 6) is 4.93. The van der Waals surface area contributed by atoms with E-state index in [-0.39, 0.29) is 0 Å². The molecule has 0 amide bonds. The molecule has 1 rings (SSSR count). The van der Waals surface area contributed by atoms with Crippen LogP contribution in [0.5, 0.6) is 0 Å². The van der Waals surface area contributed by atoms with Crippen molar-refractivity contribution in [1.82, 2.24) is 4.73 Å². The monoisotopic (exact) mass is 125 g/mol. The fourth-order valence-electron chi connectivity index (χ4n) is 0.497. The van der Waals surface area contributed by atoms with E-state index in [2.05, 4.69) is 5.10 Å². The average molecular weight is 125 g/mol. The van der Waals surface area contributed by atoms with Gasteiger partial charge in [0.1, 0.15) is 0 Å². The van der Waals surface area contributed by atoms with E-state index in [4.69, 9.17) is 11.0 Å². The summed E-state index contributed by atoms with van der Waals surface area (Å²) in [5.41, 5.74) is 0. The van der Waals surface area contributed by atoms with E-state index in [9.17, 15) is 0 Å². The highest BCUT2D eigenvalue weighted by atomic mass is 16.5. The second-order valence-corrected chi connectivity index (χ2v) is 1.57. The maximum atomic E-state index is 8.69. The van der Waals surface area contributed by atoms with E-state index < -0.39 is 0 Å². The van der Waals surface area contributed by atoms with Gasteiger partial charge < -0.3 is 11.0 Å². The van der Waals surface area contributed by atoms with Crippen LogP contribution in [0.1, 0.15) is 0 Å². The van der Waals surface area contributed by atoms with Crippen LogP contribution in [-0.2, 0) is 0 Å². The number of rotatable bonds is 0. The van der Waals surface area contributed by atoms with Gasteiger partial charge in [-0.15, -0.1) is 0 Å². The molecule has 1 heterocycles. The lowest BCUT2D eigenvalue weighted by atomic mass is 10.5. The van der Waals surface area contributed by atoms with Crippen molar-refractivity contribution in [3.63, 3.8) is 0 Å². The molecule has 0 saturated carbocycles. The van der Waals surface area contributed by atoms with Crippen LogP contribution >= 0.6 is 0 Å². The largest absolute Gasteiger partial charge is 0.429 e. The summed E-state index contributed by atoms with van der Waals surface area (Å²) in [6.07, 6.45) is 2.90. The molecule has 0 unspecified atom stereocenters. The van der Waals surface area contributed by atoms with Gasteiger partial charge in [-0.25, -0.2) is 4.73 Å². The number of nitrogens with zero attached hydrogens (tertiary/aromatic N) is 2. The van der Waals surface area contributed by atoms with Crippen molar-refractivity contribution in [2.75, 3.05) is 0 Å². The van der Waals surface area contributed by atoms with Crippen LogP contribution < -0.4 is 11.2 Å². The lowest BCUT2D eigenvalue weighted by molar-refractivity contribution is 0.184. The van der Waals surface area contributed by atoms with Gasteiger partial charge in [-0.1, -0.05) is 0 Å². The average Bonchev–Trinajstić information content (AvgIpc) is 1.90. The van der Waals surface area contributed by atoms with Crippen LogP contribution in [0.25, 0.3) is 0 Å². The molecule has 1 aromatic heterocycles. The third kappa shape index (κ3) is 1.22. The molecular formula is C5H7N3O. The van der Waals surface area contributed by atoms with Crippen LogP contribution in [0.4, 0.5) is 0 Å². The molecule has 0 aromatic carbocycles. The van der Waals surface area contributed by atoms with Gasteiger partial charge in [0.15, 0.2) is 0 Å². The predicted octanol–water partition coefficient (Wildman–Crippen LogP) is -0.500. The van der Waals surface area contributed by atoms with Crippen molar-refractivity contribution < 1.29 is 5.21 Å². The van der Waals surface area contributed by atoms with Crippen molar-refractivity contribution in [2.24, 2.45) is 10.9 Å². The minimum Gasteiger partial charge on any atom is -0.429 e. The Morgan fingerprint density at radius 3 is 2.44 bits per heavy atom. The van der Waals surface area contributed by atoms with E-state index >= 15 is 0 Å². The number of pyridine rings is 1. The Balaban J connectivity index is 3.17. The topological polar surface area (TPSA) is 63.5 Å². The molecule has 4 nitrogen and oxygen atoms in total. The fraction of sp³-hybridized carbons (Fsp3) is 0. The maximum Gasteiger partial charge on any atom is 0.0858 e. The van der Waals surface area contributed by atoms with Gasteiger partial charge in [0.2, 0.25) is 0 Å². The molecule has 0 radical (unpaired) electrons. The number of aromatic nitrogens is 1. The van der Waals surface area contributed by atoms with E-state index in [1.807, 2.05) is 0 Å². The minimum atomic E-state index is 0.639. The normalized spacial score (nSPS) is 8.89. The molecule has 0 atom stereocenters. The summed E-state index contributed by atoms with van der Waals surface area (Å²) in [6.45, 7) is 0. The highest BCUT2D eigenvalue weighted by Gasteiger charge is 1.77. The first-order valence-corrected chi connectivity index (χ1v) is 2.44. The molecule has 48 valence electrons. The lowest BCUT2D eigenvalue weighted by Crippen LogP contribution is -2.05. The van der Waals surface area contributed by atoms with Gasteiger partial charge in [0.05, 0.1) is 5.36 Å². The number of hydrogen-bond acceptors (Lipinski definition) is 3. The molecule has 3 N–H and O–H groups in total. The van der Waals surface area contributed by atoms with E-state index in [0.29, 0.717) is 5.36 Å². The standard InChI is InChI=1S/C5H7N3O/c6-7-5-1-3-8(9)4-2-5/h1-4,9H,6H2. The molecule has 1 aromatic rings. The molecule has 0 aliphatic rings. The van der Waals surface area contributed by atoms with Gasteiger partial charge in [0.25, 0.3) is 0 Å². The number of nitrogens with two attached hydrogens (primary N) is 1. The van der Waals surface area contributed by atoms with Gasteiger partial charge >= 0.3 is 0 Å². The first-order chi connectivity index (χ1) is 4.33. The zero-order valence-corrected chi connectivity index (χ0v) is 4.73. The minimum absolute atomic E-state index is 0.639. The fourth-order valence-corrected chi connectivity index (χ4v) is 0.497. The first kappa shape index (κ1) is 5.68. The Bertz CT molecular complexity index is 232. The van der Waals surface area contributed by atoms with Crippen LogP contribution in [0, 0.1) is 0 Å². The van der Waals surface area contributed by atoms with Crippen molar-refractivity contribution >= 4 is 0 Å². The predicted molar refractivity (Wildman–Crippen MR) is 31.4 cm³/mol. The van der Waals surface area contributed by atoms with E-state index in [1.54, 1.807) is 12.1 Å². The zero-order chi connectivity index (χ0) is 6.69. The molecule has 0 aliphatic carbocycles. The summed E-state index contributed by atoms with van der Waals surface area (Å²) >= 11 is 0. The summed E-state index contributed by atoms with van der Waals surface area (Å²) < 4.78 is 0.925. The molecule has 0 spiro atoms. The van der Waals surface area contributed by atoms with Crippen molar-refractivity contribution in [2.45, 2.75) is 0 Å². The van der Waals surface area contributed by atoms with E-state index in [0.717, 1.165) is 4.73 Å². The lowest BCUT2D eigenvalue weighted by Gasteiger charge is -1.90. The SMILES string of the molecule is NN=c1ccn(O)cc1. The Morgan fingerprint density at radius 1 is 1.44 bits per heavy atom. The zero-order valence-electron chi connectivity index (χ0n) is 4.73.